The lowest BCUT2D eigenvalue weighted by Crippen LogP contribution is -2.27. The van der Waals surface area contributed by atoms with Gasteiger partial charge in [0.25, 0.3) is 11.1 Å². The summed E-state index contributed by atoms with van der Waals surface area (Å²) in [6.45, 7) is 4.99. The maximum Gasteiger partial charge on any atom is 0.261 e. The third-order valence-electron chi connectivity index (χ3n) is 6.45. The lowest BCUT2D eigenvalue weighted by Gasteiger charge is -2.11. The maximum atomic E-state index is 12.4. The van der Waals surface area contributed by atoms with Gasteiger partial charge in [-0.05, 0) is 43.4 Å². The van der Waals surface area contributed by atoms with Crippen molar-refractivity contribution in [1.29, 1.82) is 0 Å². The van der Waals surface area contributed by atoms with Gasteiger partial charge in [0.1, 0.15) is 11.6 Å². The molecule has 2 aromatic carbocycles. The van der Waals surface area contributed by atoms with E-state index in [1.54, 1.807) is 4.57 Å². The molecule has 0 spiro atoms. The zero-order valence-electron chi connectivity index (χ0n) is 19.4. The van der Waals surface area contributed by atoms with E-state index >= 15 is 0 Å². The lowest BCUT2D eigenvalue weighted by molar-refractivity contribution is 0.341. The van der Waals surface area contributed by atoms with E-state index in [1.165, 1.54) is 0 Å². The average Bonchev–Trinajstić information content (AvgIpc) is 3.18. The minimum Gasteiger partial charge on any atom is -0.315 e. The highest BCUT2D eigenvalue weighted by atomic mass is 79.9. The van der Waals surface area contributed by atoms with Crippen LogP contribution in [0.15, 0.2) is 54.9 Å². The summed E-state index contributed by atoms with van der Waals surface area (Å²) in [7, 11) is 2.08. The predicted octanol–water partition coefficient (Wildman–Crippen LogP) is 2.95. The van der Waals surface area contributed by atoms with E-state index in [9.17, 15) is 9.59 Å². The molecule has 0 aliphatic carbocycles. The van der Waals surface area contributed by atoms with Gasteiger partial charge in [-0.1, -0.05) is 31.9 Å². The number of rotatable bonds is 0. The van der Waals surface area contributed by atoms with Crippen molar-refractivity contribution >= 4 is 53.7 Å². The smallest absolute Gasteiger partial charge is 0.261 e. The Morgan fingerprint density at radius 1 is 0.743 bits per heavy atom. The van der Waals surface area contributed by atoms with E-state index < -0.39 is 0 Å². The molecule has 0 bridgehead atoms. The molecule has 35 heavy (non-hydrogen) atoms. The number of likely N-dealkylation sites (N-methyl/N-ethyl adjacent to an activating group) is 1. The van der Waals surface area contributed by atoms with Crippen molar-refractivity contribution in [3.8, 4) is 0 Å². The molecule has 4 heterocycles. The SMILES string of the molecule is CN1CCc2nc3cc(Br)ccc3c(=O)n2CC1.O=c1c2ccc(Br)cc2nc2n1CCNCC2. The van der Waals surface area contributed by atoms with Crippen LogP contribution in [0.1, 0.15) is 11.6 Å². The molecule has 2 aliphatic heterocycles. The van der Waals surface area contributed by atoms with Gasteiger partial charge in [-0.2, -0.15) is 0 Å². The topological polar surface area (TPSA) is 85.1 Å². The molecule has 0 saturated carbocycles. The molecule has 182 valence electrons. The van der Waals surface area contributed by atoms with Crippen LogP contribution in [-0.4, -0.2) is 57.2 Å². The van der Waals surface area contributed by atoms with Gasteiger partial charge in [0.15, 0.2) is 0 Å². The van der Waals surface area contributed by atoms with Gasteiger partial charge in [-0.25, -0.2) is 9.97 Å². The van der Waals surface area contributed by atoms with Crippen LogP contribution in [0, 0.1) is 0 Å². The normalized spacial score (nSPS) is 16.1. The van der Waals surface area contributed by atoms with Crippen LogP contribution in [0.2, 0.25) is 0 Å². The van der Waals surface area contributed by atoms with E-state index in [0.717, 1.165) is 77.2 Å². The molecular weight excluding hydrogens is 576 g/mol. The van der Waals surface area contributed by atoms with Gasteiger partial charge in [0.05, 0.1) is 21.8 Å². The van der Waals surface area contributed by atoms with Crippen LogP contribution >= 0.6 is 31.9 Å². The van der Waals surface area contributed by atoms with Gasteiger partial charge < -0.3 is 10.2 Å². The van der Waals surface area contributed by atoms with Crippen molar-refractivity contribution in [2.75, 3.05) is 33.2 Å². The van der Waals surface area contributed by atoms with Crippen molar-refractivity contribution in [2.24, 2.45) is 0 Å². The fourth-order valence-electron chi connectivity index (χ4n) is 4.51. The van der Waals surface area contributed by atoms with Gasteiger partial charge in [-0.3, -0.25) is 18.7 Å². The molecule has 1 N–H and O–H groups in total. The maximum absolute atomic E-state index is 12.4. The molecule has 0 atom stereocenters. The van der Waals surface area contributed by atoms with Crippen molar-refractivity contribution in [3.05, 3.63) is 77.7 Å². The Labute approximate surface area is 219 Å². The molecule has 2 aliphatic rings. The zero-order chi connectivity index (χ0) is 24.5. The standard InChI is InChI=1S/C13H14BrN3O.C12H12BrN3O/c1-16-5-4-12-15-11-8-9(14)2-3-10(11)13(18)17(12)7-6-16;13-8-1-2-9-10(7-8)15-11-3-4-14-5-6-16(11)12(9)17/h2-3,8H,4-7H2,1H3;1-2,7,14H,3-6H2. The molecule has 8 nitrogen and oxygen atoms in total. The molecule has 10 heteroatoms. The van der Waals surface area contributed by atoms with Crippen LogP contribution in [0.4, 0.5) is 0 Å². The van der Waals surface area contributed by atoms with Crippen molar-refractivity contribution < 1.29 is 0 Å². The fourth-order valence-corrected chi connectivity index (χ4v) is 5.21. The molecule has 0 unspecified atom stereocenters. The summed E-state index contributed by atoms with van der Waals surface area (Å²) in [5.74, 6) is 1.78. The number of nitrogens with zero attached hydrogens (tertiary/aromatic N) is 5. The quantitative estimate of drug-likeness (QED) is 0.334. The molecule has 0 fully saturated rings. The number of benzene rings is 2. The molecule has 2 aromatic heterocycles. The highest BCUT2D eigenvalue weighted by Crippen LogP contribution is 2.18. The average molecular weight is 602 g/mol. The molecule has 6 rings (SSSR count). The molecule has 0 radical (unpaired) electrons. The largest absolute Gasteiger partial charge is 0.315 e. The lowest BCUT2D eigenvalue weighted by atomic mass is 10.2. The second kappa shape index (κ2) is 10.3. The van der Waals surface area contributed by atoms with E-state index in [4.69, 9.17) is 0 Å². The summed E-state index contributed by atoms with van der Waals surface area (Å²) in [6.07, 6.45) is 1.63. The third kappa shape index (κ3) is 5.11. The summed E-state index contributed by atoms with van der Waals surface area (Å²) >= 11 is 6.83. The Morgan fingerprint density at radius 3 is 1.94 bits per heavy atom. The summed E-state index contributed by atoms with van der Waals surface area (Å²) in [5.41, 5.74) is 1.71. The Hall–Kier alpha value is -2.40. The van der Waals surface area contributed by atoms with Gasteiger partial charge in [0.2, 0.25) is 0 Å². The van der Waals surface area contributed by atoms with Gasteiger partial charge in [0, 0.05) is 61.1 Å². The second-order valence-electron chi connectivity index (χ2n) is 8.85. The minimum absolute atomic E-state index is 0.0706. The fraction of sp³-hybridized carbons (Fsp3) is 0.360. The monoisotopic (exact) mass is 600 g/mol. The number of nitrogens with one attached hydrogen (secondary N) is 1. The molecule has 0 saturated heterocycles. The van der Waals surface area contributed by atoms with Crippen LogP contribution in [0.3, 0.4) is 0 Å². The van der Waals surface area contributed by atoms with Crippen molar-refractivity contribution in [3.63, 3.8) is 0 Å². The third-order valence-corrected chi connectivity index (χ3v) is 7.44. The van der Waals surface area contributed by atoms with Crippen molar-refractivity contribution in [1.82, 2.24) is 29.3 Å². The van der Waals surface area contributed by atoms with E-state index in [-0.39, 0.29) is 11.1 Å². The van der Waals surface area contributed by atoms with Crippen LogP contribution in [0.25, 0.3) is 21.8 Å². The molecule has 0 amide bonds. The molecule has 4 aromatic rings. The highest BCUT2D eigenvalue weighted by molar-refractivity contribution is 9.10. The summed E-state index contributed by atoms with van der Waals surface area (Å²) in [5, 5.41) is 4.67. The first kappa shape index (κ1) is 24.3. The minimum atomic E-state index is 0.0706. The Bertz CT molecular complexity index is 1530. The van der Waals surface area contributed by atoms with Gasteiger partial charge in [-0.15, -0.1) is 0 Å². The Morgan fingerprint density at radius 2 is 1.31 bits per heavy atom. The Balaban J connectivity index is 0.000000145. The highest BCUT2D eigenvalue weighted by Gasteiger charge is 2.16. The number of aromatic nitrogens is 4. The summed E-state index contributed by atoms with van der Waals surface area (Å²) < 4.78 is 5.52. The summed E-state index contributed by atoms with van der Waals surface area (Å²) in [4.78, 5) is 36.2. The first-order valence-corrected chi connectivity index (χ1v) is 13.3. The zero-order valence-corrected chi connectivity index (χ0v) is 22.6. The van der Waals surface area contributed by atoms with E-state index in [0.29, 0.717) is 17.3 Å². The van der Waals surface area contributed by atoms with Crippen LogP contribution < -0.4 is 16.4 Å². The number of halogens is 2. The Kier molecular flexibility index (Phi) is 7.15. The predicted molar refractivity (Wildman–Crippen MR) is 145 cm³/mol. The number of fused-ring (bicyclic) bond motifs is 4. The first-order valence-electron chi connectivity index (χ1n) is 11.7. The van der Waals surface area contributed by atoms with E-state index in [1.807, 2.05) is 41.0 Å². The summed E-state index contributed by atoms with van der Waals surface area (Å²) in [6, 6.07) is 11.3. The first-order chi connectivity index (χ1) is 16.9. The number of hydrogen-bond acceptors (Lipinski definition) is 6. The second-order valence-corrected chi connectivity index (χ2v) is 10.7. The van der Waals surface area contributed by atoms with E-state index in [2.05, 4.69) is 59.1 Å². The van der Waals surface area contributed by atoms with Crippen LogP contribution in [-0.2, 0) is 25.9 Å². The van der Waals surface area contributed by atoms with Crippen LogP contribution in [0.5, 0.6) is 0 Å². The van der Waals surface area contributed by atoms with Crippen molar-refractivity contribution in [2.45, 2.75) is 25.9 Å². The molecular formula is C25H26Br2N6O2. The van der Waals surface area contributed by atoms with Gasteiger partial charge >= 0.3 is 0 Å². The number of hydrogen-bond donors (Lipinski definition) is 1.